The van der Waals surface area contributed by atoms with Crippen molar-refractivity contribution in [1.29, 1.82) is 0 Å². The third kappa shape index (κ3) is 2.78. The van der Waals surface area contributed by atoms with E-state index in [1.807, 2.05) is 13.1 Å². The molecule has 1 aromatic carbocycles. The van der Waals surface area contributed by atoms with Gasteiger partial charge in [0.05, 0.1) is 0 Å². The Bertz CT molecular complexity index is 426. The van der Waals surface area contributed by atoms with Gasteiger partial charge in [0.2, 0.25) is 0 Å². The van der Waals surface area contributed by atoms with E-state index in [0.717, 1.165) is 22.9 Å². The van der Waals surface area contributed by atoms with Crippen LogP contribution in [0.5, 0.6) is 0 Å². The van der Waals surface area contributed by atoms with Crippen LogP contribution in [-0.2, 0) is 6.42 Å². The Hall–Kier alpha value is -0.240. The molecular formula is C14H19Cl2N. The van der Waals surface area contributed by atoms with Crippen molar-refractivity contribution < 1.29 is 0 Å². The molecule has 1 N–H and O–H groups in total. The van der Waals surface area contributed by atoms with Crippen molar-refractivity contribution in [2.75, 3.05) is 7.05 Å². The Morgan fingerprint density at radius 1 is 1.29 bits per heavy atom. The SMILES string of the molecule is CNC1CC(C)(C)CCc2c(Cl)cc(Cl)cc21. The van der Waals surface area contributed by atoms with Crippen molar-refractivity contribution in [3.05, 3.63) is 33.3 Å². The van der Waals surface area contributed by atoms with Crippen LogP contribution in [0.4, 0.5) is 0 Å². The van der Waals surface area contributed by atoms with Crippen LogP contribution in [0.1, 0.15) is 43.9 Å². The maximum absolute atomic E-state index is 6.32. The lowest BCUT2D eigenvalue weighted by atomic mass is 9.83. The second-order valence-corrected chi connectivity index (χ2v) is 6.51. The van der Waals surface area contributed by atoms with Crippen molar-refractivity contribution >= 4 is 23.2 Å². The Kier molecular flexibility index (Phi) is 3.72. The topological polar surface area (TPSA) is 12.0 Å². The van der Waals surface area contributed by atoms with E-state index in [2.05, 4.69) is 25.2 Å². The van der Waals surface area contributed by atoms with Gasteiger partial charge in [-0.1, -0.05) is 37.0 Å². The van der Waals surface area contributed by atoms with E-state index >= 15 is 0 Å². The molecule has 0 aromatic heterocycles. The molecule has 1 aliphatic carbocycles. The predicted molar refractivity (Wildman–Crippen MR) is 75.0 cm³/mol. The first-order valence-electron chi connectivity index (χ1n) is 6.08. The molecule has 1 aliphatic rings. The lowest BCUT2D eigenvalue weighted by molar-refractivity contribution is 0.279. The molecule has 0 bridgehead atoms. The Morgan fingerprint density at radius 2 is 2.00 bits per heavy atom. The van der Waals surface area contributed by atoms with E-state index in [9.17, 15) is 0 Å². The zero-order chi connectivity index (χ0) is 12.6. The highest BCUT2D eigenvalue weighted by Crippen LogP contribution is 2.42. The summed E-state index contributed by atoms with van der Waals surface area (Å²) in [4.78, 5) is 0. The summed E-state index contributed by atoms with van der Waals surface area (Å²) in [5.41, 5.74) is 2.87. The van der Waals surface area contributed by atoms with Crippen molar-refractivity contribution in [3.8, 4) is 0 Å². The molecule has 0 heterocycles. The number of fused-ring (bicyclic) bond motifs is 1. The molecule has 0 spiro atoms. The normalized spacial score (nSPS) is 23.0. The van der Waals surface area contributed by atoms with Crippen molar-refractivity contribution in [2.24, 2.45) is 5.41 Å². The smallest absolute Gasteiger partial charge is 0.0456 e. The Balaban J connectivity index is 2.50. The second kappa shape index (κ2) is 4.79. The van der Waals surface area contributed by atoms with E-state index < -0.39 is 0 Å². The fourth-order valence-electron chi connectivity index (χ4n) is 2.68. The number of benzene rings is 1. The summed E-state index contributed by atoms with van der Waals surface area (Å²) in [6.45, 7) is 4.64. The van der Waals surface area contributed by atoms with Crippen LogP contribution in [0.15, 0.2) is 12.1 Å². The second-order valence-electron chi connectivity index (χ2n) is 5.66. The summed E-state index contributed by atoms with van der Waals surface area (Å²) in [5, 5.41) is 4.93. The molecule has 0 fully saturated rings. The van der Waals surface area contributed by atoms with E-state index in [1.54, 1.807) is 0 Å². The van der Waals surface area contributed by atoms with Gasteiger partial charge in [0, 0.05) is 16.1 Å². The number of nitrogens with one attached hydrogen (secondary N) is 1. The van der Waals surface area contributed by atoms with Crippen molar-refractivity contribution in [1.82, 2.24) is 5.32 Å². The number of hydrogen-bond acceptors (Lipinski definition) is 1. The van der Waals surface area contributed by atoms with Gasteiger partial charge in [0.15, 0.2) is 0 Å². The van der Waals surface area contributed by atoms with Crippen molar-refractivity contribution in [2.45, 2.75) is 39.2 Å². The highest BCUT2D eigenvalue weighted by molar-refractivity contribution is 6.35. The van der Waals surface area contributed by atoms with Crippen LogP contribution in [0.25, 0.3) is 0 Å². The maximum Gasteiger partial charge on any atom is 0.0456 e. The predicted octanol–water partition coefficient (Wildman–Crippen LogP) is 4.62. The van der Waals surface area contributed by atoms with Crippen LogP contribution >= 0.6 is 23.2 Å². The van der Waals surface area contributed by atoms with Gasteiger partial charge in [-0.2, -0.15) is 0 Å². The molecule has 3 heteroatoms. The van der Waals surface area contributed by atoms with Crippen LogP contribution in [0.2, 0.25) is 10.0 Å². The summed E-state index contributed by atoms with van der Waals surface area (Å²) < 4.78 is 0. The van der Waals surface area contributed by atoms with Gasteiger partial charge in [-0.05, 0) is 55.0 Å². The van der Waals surface area contributed by atoms with Crippen molar-refractivity contribution in [3.63, 3.8) is 0 Å². The zero-order valence-corrected chi connectivity index (χ0v) is 12.1. The van der Waals surface area contributed by atoms with E-state index in [-0.39, 0.29) is 0 Å². The Labute approximate surface area is 114 Å². The summed E-state index contributed by atoms with van der Waals surface area (Å²) >= 11 is 12.4. The monoisotopic (exact) mass is 271 g/mol. The largest absolute Gasteiger partial charge is 0.313 e. The molecule has 1 nitrogen and oxygen atoms in total. The third-order valence-electron chi connectivity index (χ3n) is 3.73. The van der Waals surface area contributed by atoms with Gasteiger partial charge >= 0.3 is 0 Å². The molecule has 17 heavy (non-hydrogen) atoms. The molecule has 0 saturated heterocycles. The van der Waals surface area contributed by atoms with Gasteiger partial charge < -0.3 is 5.32 Å². The molecule has 2 rings (SSSR count). The van der Waals surface area contributed by atoms with Gasteiger partial charge in [-0.3, -0.25) is 0 Å². The molecule has 0 saturated carbocycles. The average Bonchev–Trinajstić information content (AvgIpc) is 2.35. The van der Waals surface area contributed by atoms with Gasteiger partial charge in [0.1, 0.15) is 0 Å². The standard InChI is InChI=1S/C14H19Cl2N/c1-14(2)5-4-10-11(13(8-14)17-3)6-9(15)7-12(10)16/h6-7,13,17H,4-5,8H2,1-3H3. The summed E-state index contributed by atoms with van der Waals surface area (Å²) in [6, 6.07) is 4.26. The van der Waals surface area contributed by atoms with E-state index in [1.165, 1.54) is 17.5 Å². The number of halogens is 2. The summed E-state index contributed by atoms with van der Waals surface area (Å²) in [7, 11) is 2.00. The molecule has 1 unspecified atom stereocenters. The Morgan fingerprint density at radius 3 is 2.65 bits per heavy atom. The lowest BCUT2D eigenvalue weighted by Gasteiger charge is -2.26. The molecule has 0 aliphatic heterocycles. The molecule has 0 amide bonds. The minimum Gasteiger partial charge on any atom is -0.313 e. The molecule has 0 radical (unpaired) electrons. The van der Waals surface area contributed by atoms with Crippen LogP contribution in [0.3, 0.4) is 0 Å². The molecule has 1 atom stereocenters. The summed E-state index contributed by atoms with van der Waals surface area (Å²) in [6.07, 6.45) is 3.32. The highest BCUT2D eigenvalue weighted by atomic mass is 35.5. The van der Waals surface area contributed by atoms with Crippen LogP contribution in [-0.4, -0.2) is 7.05 Å². The fraction of sp³-hybridized carbons (Fsp3) is 0.571. The minimum absolute atomic E-state index is 0.336. The van der Waals surface area contributed by atoms with Crippen LogP contribution < -0.4 is 5.32 Å². The molecular weight excluding hydrogens is 253 g/mol. The quantitative estimate of drug-likeness (QED) is 0.736. The zero-order valence-electron chi connectivity index (χ0n) is 10.6. The van der Waals surface area contributed by atoms with E-state index in [4.69, 9.17) is 23.2 Å². The first kappa shape index (κ1) is 13.2. The minimum atomic E-state index is 0.336. The first-order chi connectivity index (χ1) is 7.93. The van der Waals surface area contributed by atoms with Gasteiger partial charge in [0.25, 0.3) is 0 Å². The first-order valence-corrected chi connectivity index (χ1v) is 6.83. The average molecular weight is 272 g/mol. The highest BCUT2D eigenvalue weighted by Gasteiger charge is 2.29. The summed E-state index contributed by atoms with van der Waals surface area (Å²) in [5.74, 6) is 0. The molecule has 1 aromatic rings. The maximum atomic E-state index is 6.32. The van der Waals surface area contributed by atoms with Crippen LogP contribution in [0, 0.1) is 5.41 Å². The molecule has 94 valence electrons. The van der Waals surface area contributed by atoms with Gasteiger partial charge in [-0.15, -0.1) is 0 Å². The number of hydrogen-bond donors (Lipinski definition) is 1. The van der Waals surface area contributed by atoms with Gasteiger partial charge in [-0.25, -0.2) is 0 Å². The van der Waals surface area contributed by atoms with E-state index in [0.29, 0.717) is 11.5 Å². The number of rotatable bonds is 1. The third-order valence-corrected chi connectivity index (χ3v) is 4.28. The lowest BCUT2D eigenvalue weighted by Crippen LogP contribution is -2.22. The fourth-order valence-corrected chi connectivity index (χ4v) is 3.29.